The van der Waals surface area contributed by atoms with Gasteiger partial charge in [0.25, 0.3) is 5.91 Å². The molecule has 0 bridgehead atoms. The maximum absolute atomic E-state index is 12.4. The van der Waals surface area contributed by atoms with Gasteiger partial charge < -0.3 is 10.4 Å². The Balaban J connectivity index is 1.76. The molecule has 3 aromatic rings. The van der Waals surface area contributed by atoms with E-state index in [0.29, 0.717) is 5.56 Å². The summed E-state index contributed by atoms with van der Waals surface area (Å²) in [5.74, 6) is -1.60. The SMILES string of the molecule is O=C(NC(=S)Nc1cc(C(=O)O)c(Cl)cc1Cl)c1ccc2ccccc2c1. The summed E-state index contributed by atoms with van der Waals surface area (Å²) in [5, 5.41) is 16.5. The van der Waals surface area contributed by atoms with Crippen molar-refractivity contribution in [2.75, 3.05) is 5.32 Å². The summed E-state index contributed by atoms with van der Waals surface area (Å²) in [6.07, 6.45) is 0. The fourth-order valence-corrected chi connectivity index (χ4v) is 3.18. The monoisotopic (exact) mass is 418 g/mol. The number of rotatable bonds is 3. The Morgan fingerprint density at radius 3 is 2.33 bits per heavy atom. The number of anilines is 1. The minimum atomic E-state index is -1.20. The molecule has 0 saturated carbocycles. The Labute approximate surface area is 169 Å². The first-order valence-corrected chi connectivity index (χ1v) is 8.85. The number of carbonyl (C=O) groups is 2. The van der Waals surface area contributed by atoms with E-state index in [4.69, 9.17) is 40.5 Å². The van der Waals surface area contributed by atoms with Gasteiger partial charge in [0.2, 0.25) is 0 Å². The number of carbonyl (C=O) groups excluding carboxylic acids is 1. The number of amides is 1. The van der Waals surface area contributed by atoms with Crippen LogP contribution in [0.15, 0.2) is 54.6 Å². The number of nitrogens with one attached hydrogen (secondary N) is 2. The van der Waals surface area contributed by atoms with E-state index in [2.05, 4.69) is 10.6 Å². The molecule has 0 spiro atoms. The van der Waals surface area contributed by atoms with Crippen LogP contribution in [0, 0.1) is 0 Å². The van der Waals surface area contributed by atoms with E-state index in [1.165, 1.54) is 12.1 Å². The molecule has 5 nitrogen and oxygen atoms in total. The Morgan fingerprint density at radius 2 is 1.63 bits per heavy atom. The topological polar surface area (TPSA) is 78.4 Å². The lowest BCUT2D eigenvalue weighted by molar-refractivity contribution is 0.0697. The molecule has 0 unspecified atom stereocenters. The van der Waals surface area contributed by atoms with Crippen molar-refractivity contribution >= 4 is 68.9 Å². The molecule has 0 aliphatic rings. The van der Waals surface area contributed by atoms with Gasteiger partial charge in [0.05, 0.1) is 21.3 Å². The van der Waals surface area contributed by atoms with Crippen LogP contribution >= 0.6 is 35.4 Å². The molecular formula is C19H12Cl2N2O3S. The number of hydrogen-bond acceptors (Lipinski definition) is 3. The number of thiocarbonyl (C=S) groups is 1. The largest absolute Gasteiger partial charge is 0.478 e. The van der Waals surface area contributed by atoms with Crippen LogP contribution < -0.4 is 10.6 Å². The Hall–Kier alpha value is -2.67. The Morgan fingerprint density at radius 1 is 0.926 bits per heavy atom. The van der Waals surface area contributed by atoms with Crippen molar-refractivity contribution in [1.82, 2.24) is 5.32 Å². The lowest BCUT2D eigenvalue weighted by Gasteiger charge is -2.12. The van der Waals surface area contributed by atoms with Gasteiger partial charge in [0.1, 0.15) is 0 Å². The third-order valence-electron chi connectivity index (χ3n) is 3.77. The fourth-order valence-electron chi connectivity index (χ4n) is 2.47. The van der Waals surface area contributed by atoms with Gasteiger partial charge >= 0.3 is 5.97 Å². The van der Waals surface area contributed by atoms with E-state index in [0.717, 1.165) is 10.8 Å². The number of halogens is 2. The van der Waals surface area contributed by atoms with Crippen LogP contribution in [0.25, 0.3) is 10.8 Å². The predicted molar refractivity (Wildman–Crippen MR) is 111 cm³/mol. The van der Waals surface area contributed by atoms with Crippen LogP contribution in [0.2, 0.25) is 10.0 Å². The molecule has 136 valence electrons. The lowest BCUT2D eigenvalue weighted by atomic mass is 10.1. The zero-order valence-electron chi connectivity index (χ0n) is 13.6. The third-order valence-corrected chi connectivity index (χ3v) is 4.60. The number of aromatic carboxylic acids is 1. The van der Waals surface area contributed by atoms with Gasteiger partial charge in [-0.2, -0.15) is 0 Å². The van der Waals surface area contributed by atoms with Crippen LogP contribution in [-0.4, -0.2) is 22.1 Å². The summed E-state index contributed by atoms with van der Waals surface area (Å²) in [7, 11) is 0. The molecule has 8 heteroatoms. The van der Waals surface area contributed by atoms with Crippen molar-refractivity contribution in [3.63, 3.8) is 0 Å². The quantitative estimate of drug-likeness (QED) is 0.523. The second kappa shape index (κ2) is 7.92. The zero-order chi connectivity index (χ0) is 19.6. The smallest absolute Gasteiger partial charge is 0.337 e. The Bertz CT molecular complexity index is 1090. The fraction of sp³-hybridized carbons (Fsp3) is 0. The minimum absolute atomic E-state index is 0.00386. The molecule has 27 heavy (non-hydrogen) atoms. The molecule has 1 amide bonds. The number of fused-ring (bicyclic) bond motifs is 1. The van der Waals surface area contributed by atoms with E-state index < -0.39 is 11.9 Å². The maximum atomic E-state index is 12.4. The van der Waals surface area contributed by atoms with Crippen molar-refractivity contribution in [2.45, 2.75) is 0 Å². The van der Waals surface area contributed by atoms with Crippen LogP contribution in [0.4, 0.5) is 5.69 Å². The molecule has 0 heterocycles. The lowest BCUT2D eigenvalue weighted by Crippen LogP contribution is -2.34. The summed E-state index contributed by atoms with van der Waals surface area (Å²) in [6, 6.07) is 15.5. The summed E-state index contributed by atoms with van der Waals surface area (Å²) < 4.78 is 0. The van der Waals surface area contributed by atoms with E-state index in [9.17, 15) is 9.59 Å². The number of hydrogen-bond donors (Lipinski definition) is 3. The minimum Gasteiger partial charge on any atom is -0.478 e. The molecule has 0 aliphatic heterocycles. The molecule has 0 aliphatic carbocycles. The highest BCUT2D eigenvalue weighted by atomic mass is 35.5. The van der Waals surface area contributed by atoms with Gasteiger partial charge in [-0.25, -0.2) is 4.79 Å². The number of carboxylic acid groups (broad SMARTS) is 1. The van der Waals surface area contributed by atoms with Gasteiger partial charge in [-0.05, 0) is 47.3 Å². The van der Waals surface area contributed by atoms with Crippen molar-refractivity contribution in [3.8, 4) is 0 Å². The normalized spacial score (nSPS) is 10.4. The van der Waals surface area contributed by atoms with Crippen LogP contribution in [-0.2, 0) is 0 Å². The number of benzene rings is 3. The highest BCUT2D eigenvalue weighted by Gasteiger charge is 2.15. The number of carboxylic acids is 1. The average molecular weight is 419 g/mol. The standard InChI is InChI=1S/C19H12Cl2N2O3S/c20-14-9-15(21)16(8-13(14)18(25)26)22-19(27)23-17(24)12-6-5-10-3-1-2-4-11(10)7-12/h1-9H,(H,25,26)(H2,22,23,24,27). The van der Waals surface area contributed by atoms with E-state index in [1.54, 1.807) is 12.1 Å². The van der Waals surface area contributed by atoms with E-state index in [-0.39, 0.29) is 26.4 Å². The molecule has 3 aromatic carbocycles. The van der Waals surface area contributed by atoms with E-state index >= 15 is 0 Å². The van der Waals surface area contributed by atoms with Crippen LogP contribution in [0.3, 0.4) is 0 Å². The first kappa shape index (κ1) is 19.1. The van der Waals surface area contributed by atoms with Gasteiger partial charge in [-0.1, -0.05) is 53.5 Å². The third kappa shape index (κ3) is 4.36. The maximum Gasteiger partial charge on any atom is 0.337 e. The van der Waals surface area contributed by atoms with Crippen LogP contribution in [0.1, 0.15) is 20.7 Å². The molecule has 0 saturated heterocycles. The van der Waals surface area contributed by atoms with Crippen molar-refractivity contribution in [1.29, 1.82) is 0 Å². The molecule has 3 N–H and O–H groups in total. The van der Waals surface area contributed by atoms with Crippen molar-refractivity contribution in [3.05, 3.63) is 75.8 Å². The second-order valence-corrected chi connectivity index (χ2v) is 6.81. The highest BCUT2D eigenvalue weighted by Crippen LogP contribution is 2.29. The predicted octanol–water partition coefficient (Wildman–Crippen LogP) is 4.97. The van der Waals surface area contributed by atoms with E-state index in [1.807, 2.05) is 30.3 Å². The summed E-state index contributed by atoms with van der Waals surface area (Å²) in [5.41, 5.74) is 0.528. The van der Waals surface area contributed by atoms with Crippen LogP contribution in [0.5, 0.6) is 0 Å². The Kier molecular flexibility index (Phi) is 5.60. The van der Waals surface area contributed by atoms with Crippen molar-refractivity contribution < 1.29 is 14.7 Å². The van der Waals surface area contributed by atoms with Gasteiger partial charge in [-0.15, -0.1) is 0 Å². The second-order valence-electron chi connectivity index (χ2n) is 5.59. The molecule has 3 rings (SSSR count). The zero-order valence-corrected chi connectivity index (χ0v) is 16.0. The first-order valence-electron chi connectivity index (χ1n) is 7.68. The van der Waals surface area contributed by atoms with Gasteiger partial charge in [-0.3, -0.25) is 10.1 Å². The molecule has 0 radical (unpaired) electrons. The summed E-state index contributed by atoms with van der Waals surface area (Å²) in [4.78, 5) is 23.6. The molecule has 0 aromatic heterocycles. The first-order chi connectivity index (χ1) is 12.8. The summed E-state index contributed by atoms with van der Waals surface area (Å²) >= 11 is 17.0. The van der Waals surface area contributed by atoms with Crippen molar-refractivity contribution in [2.24, 2.45) is 0 Å². The molecule has 0 atom stereocenters. The highest BCUT2D eigenvalue weighted by molar-refractivity contribution is 7.80. The molecular weight excluding hydrogens is 407 g/mol. The average Bonchev–Trinajstić information content (AvgIpc) is 2.63. The molecule has 0 fully saturated rings. The summed E-state index contributed by atoms with van der Waals surface area (Å²) in [6.45, 7) is 0. The van der Waals surface area contributed by atoms with Gasteiger partial charge in [0.15, 0.2) is 5.11 Å². The van der Waals surface area contributed by atoms with Gasteiger partial charge in [0, 0.05) is 5.56 Å².